The van der Waals surface area contributed by atoms with Gasteiger partial charge in [-0.2, -0.15) is 12.7 Å². The predicted molar refractivity (Wildman–Crippen MR) is 118 cm³/mol. The van der Waals surface area contributed by atoms with Crippen LogP contribution in [0.5, 0.6) is 0 Å². The Hall–Kier alpha value is -3.38. The number of rotatable bonds is 6. The van der Waals surface area contributed by atoms with Crippen LogP contribution >= 0.6 is 0 Å². The number of aromatic nitrogens is 3. The van der Waals surface area contributed by atoms with Crippen molar-refractivity contribution in [1.29, 1.82) is 0 Å². The largest absolute Gasteiger partial charge is 0.421 e. The molecule has 0 bridgehead atoms. The molecule has 4 rings (SSSR count). The minimum absolute atomic E-state index is 0.102. The van der Waals surface area contributed by atoms with E-state index in [1.165, 1.54) is 35.8 Å². The average molecular weight is 475 g/mol. The molecule has 1 fully saturated rings. The van der Waals surface area contributed by atoms with Crippen LogP contribution < -0.4 is 4.31 Å². The van der Waals surface area contributed by atoms with E-state index < -0.39 is 16.0 Å². The minimum Gasteiger partial charge on any atom is -0.421 e. The van der Waals surface area contributed by atoms with Gasteiger partial charge >= 0.3 is 10.2 Å². The Morgan fingerprint density at radius 3 is 2.52 bits per heavy atom. The van der Waals surface area contributed by atoms with Gasteiger partial charge < -0.3 is 9.32 Å². The predicted octanol–water partition coefficient (Wildman–Crippen LogP) is 1.99. The van der Waals surface area contributed by atoms with E-state index >= 15 is 4.39 Å². The fraction of sp³-hybridized carbons (Fsp3) is 0.333. The molecule has 33 heavy (non-hydrogen) atoms. The second-order valence-corrected chi connectivity index (χ2v) is 9.42. The summed E-state index contributed by atoms with van der Waals surface area (Å²) in [5.41, 5.74) is 0.875. The van der Waals surface area contributed by atoms with Crippen LogP contribution in [-0.4, -0.2) is 64.9 Å². The van der Waals surface area contributed by atoms with Gasteiger partial charge in [-0.25, -0.2) is 4.39 Å². The minimum atomic E-state index is -4.02. The molecule has 3 heterocycles. The van der Waals surface area contributed by atoms with Gasteiger partial charge in [-0.3, -0.25) is 14.1 Å². The molecule has 3 aromatic rings. The highest BCUT2D eigenvalue weighted by Crippen LogP contribution is 2.26. The number of hydrogen-bond acceptors (Lipinski definition) is 7. The summed E-state index contributed by atoms with van der Waals surface area (Å²) in [6, 6.07) is 7.55. The van der Waals surface area contributed by atoms with Gasteiger partial charge in [0.1, 0.15) is 5.82 Å². The Morgan fingerprint density at radius 1 is 1.18 bits per heavy atom. The fourth-order valence-corrected chi connectivity index (χ4v) is 5.14. The van der Waals surface area contributed by atoms with Crippen LogP contribution in [0.3, 0.4) is 0 Å². The van der Waals surface area contributed by atoms with Crippen molar-refractivity contribution < 1.29 is 22.0 Å². The number of hydrogen-bond donors (Lipinski definition) is 0. The summed E-state index contributed by atoms with van der Waals surface area (Å²) in [4.78, 5) is 17.2. The Bertz CT molecular complexity index is 1240. The molecule has 2 aromatic heterocycles. The summed E-state index contributed by atoms with van der Waals surface area (Å²) in [5, 5.41) is 7.62. The molecule has 0 spiro atoms. The highest BCUT2D eigenvalue weighted by molar-refractivity contribution is 7.90. The zero-order valence-corrected chi connectivity index (χ0v) is 19.0. The molecule has 1 aromatic carbocycles. The topological polar surface area (TPSA) is 113 Å². The first-order valence-corrected chi connectivity index (χ1v) is 11.7. The number of halogens is 1. The Kier molecular flexibility index (Phi) is 6.38. The van der Waals surface area contributed by atoms with Crippen molar-refractivity contribution in [2.75, 3.05) is 30.5 Å². The lowest BCUT2D eigenvalue weighted by molar-refractivity contribution is -0.129. The van der Waals surface area contributed by atoms with Crippen molar-refractivity contribution in [3.05, 3.63) is 60.0 Å². The quantitative estimate of drug-likeness (QED) is 0.537. The first-order chi connectivity index (χ1) is 15.8. The van der Waals surface area contributed by atoms with E-state index in [-0.39, 0.29) is 37.0 Å². The monoisotopic (exact) mass is 474 g/mol. The summed E-state index contributed by atoms with van der Waals surface area (Å²) in [5.74, 6) is -0.171. The second kappa shape index (κ2) is 9.24. The van der Waals surface area contributed by atoms with Gasteiger partial charge in [-0.1, -0.05) is 6.07 Å². The molecule has 0 radical (unpaired) electrons. The van der Waals surface area contributed by atoms with Crippen molar-refractivity contribution in [2.24, 2.45) is 0 Å². The van der Waals surface area contributed by atoms with Gasteiger partial charge in [0.05, 0.1) is 18.4 Å². The molecule has 0 N–H and O–H groups in total. The van der Waals surface area contributed by atoms with Crippen molar-refractivity contribution in [3.63, 3.8) is 0 Å². The molecule has 1 saturated heterocycles. The van der Waals surface area contributed by atoms with E-state index in [0.29, 0.717) is 30.2 Å². The average Bonchev–Trinajstić information content (AvgIpc) is 3.25. The molecule has 12 heteroatoms. The maximum absolute atomic E-state index is 15.0. The molecule has 0 saturated carbocycles. The Morgan fingerprint density at radius 2 is 1.94 bits per heavy atom. The summed E-state index contributed by atoms with van der Waals surface area (Å²) < 4.78 is 49.8. The number of carbonyl (C=O) groups excluding carboxylic acids is 1. The lowest BCUT2D eigenvalue weighted by Gasteiger charge is -2.37. The molecule has 1 amide bonds. The standard InChI is InChI=1S/C21H23FN6O4S/c1-15-24-25-21(32-15)17-5-6-18(20(22)12-17)14-28(19-4-3-7-23-13-19)33(30,31)27-10-8-26(9-11-27)16(2)29/h3-7,12-13H,8-11,14H2,1-2H3. The maximum Gasteiger partial charge on any atom is 0.304 e. The lowest BCUT2D eigenvalue weighted by atomic mass is 10.1. The number of anilines is 1. The molecule has 0 atom stereocenters. The summed E-state index contributed by atoms with van der Waals surface area (Å²) >= 11 is 0. The molecular formula is C21H23FN6O4S. The number of piperazine rings is 1. The fourth-order valence-electron chi connectivity index (χ4n) is 3.56. The van der Waals surface area contributed by atoms with Crippen molar-refractivity contribution >= 4 is 21.8 Å². The van der Waals surface area contributed by atoms with Gasteiger partial charge in [-0.05, 0) is 24.3 Å². The summed E-state index contributed by atoms with van der Waals surface area (Å²) in [7, 11) is -4.02. The third kappa shape index (κ3) is 4.86. The van der Waals surface area contributed by atoms with E-state index in [2.05, 4.69) is 15.2 Å². The molecule has 1 aliphatic rings. The first-order valence-electron chi connectivity index (χ1n) is 10.3. The summed E-state index contributed by atoms with van der Waals surface area (Å²) in [6.45, 7) is 3.73. The molecular weight excluding hydrogens is 451 g/mol. The van der Waals surface area contributed by atoms with Gasteiger partial charge in [0, 0.05) is 57.4 Å². The van der Waals surface area contributed by atoms with E-state index in [9.17, 15) is 13.2 Å². The van der Waals surface area contributed by atoms with Crippen LogP contribution in [-0.2, 0) is 21.5 Å². The van der Waals surface area contributed by atoms with Crippen molar-refractivity contribution in [2.45, 2.75) is 20.4 Å². The Labute approximate surface area is 190 Å². The number of aryl methyl sites for hydroxylation is 1. The van der Waals surface area contributed by atoms with E-state index in [1.54, 1.807) is 30.0 Å². The smallest absolute Gasteiger partial charge is 0.304 e. The van der Waals surface area contributed by atoms with Gasteiger partial charge in [0.15, 0.2) is 0 Å². The van der Waals surface area contributed by atoms with Crippen LogP contribution in [0.2, 0.25) is 0 Å². The van der Waals surface area contributed by atoms with E-state index in [4.69, 9.17) is 4.42 Å². The number of carbonyl (C=O) groups is 1. The molecule has 174 valence electrons. The highest BCUT2D eigenvalue weighted by atomic mass is 32.2. The van der Waals surface area contributed by atoms with Gasteiger partial charge in [0.2, 0.25) is 17.7 Å². The van der Waals surface area contributed by atoms with Crippen LogP contribution in [0.15, 0.2) is 47.1 Å². The normalized spacial score (nSPS) is 14.9. The zero-order chi connectivity index (χ0) is 23.6. The first kappa shape index (κ1) is 22.8. The van der Waals surface area contributed by atoms with E-state index in [0.717, 1.165) is 4.31 Å². The maximum atomic E-state index is 15.0. The van der Waals surface area contributed by atoms with Gasteiger partial charge in [-0.15, -0.1) is 10.2 Å². The summed E-state index contributed by atoms with van der Waals surface area (Å²) in [6.07, 6.45) is 2.94. The number of amides is 1. The van der Waals surface area contributed by atoms with Crippen LogP contribution in [0.1, 0.15) is 18.4 Å². The third-order valence-electron chi connectivity index (χ3n) is 5.36. The molecule has 10 nitrogen and oxygen atoms in total. The molecule has 0 aliphatic carbocycles. The molecule has 1 aliphatic heterocycles. The van der Waals surface area contributed by atoms with Crippen LogP contribution in [0.25, 0.3) is 11.5 Å². The van der Waals surface area contributed by atoms with Crippen molar-refractivity contribution in [1.82, 2.24) is 24.4 Å². The van der Waals surface area contributed by atoms with Crippen LogP contribution in [0.4, 0.5) is 10.1 Å². The second-order valence-electron chi connectivity index (χ2n) is 7.56. The van der Waals surface area contributed by atoms with Gasteiger partial charge in [0.25, 0.3) is 0 Å². The SMILES string of the molecule is CC(=O)N1CCN(S(=O)(=O)N(Cc2ccc(-c3nnc(C)o3)cc2F)c2cccnc2)CC1. The number of benzene rings is 1. The Balaban J connectivity index is 1.63. The number of nitrogens with zero attached hydrogens (tertiary/aromatic N) is 6. The highest BCUT2D eigenvalue weighted by Gasteiger charge is 2.34. The van der Waals surface area contributed by atoms with Crippen molar-refractivity contribution in [3.8, 4) is 11.5 Å². The number of pyridine rings is 1. The third-order valence-corrected chi connectivity index (χ3v) is 7.28. The molecule has 0 unspecified atom stereocenters. The zero-order valence-electron chi connectivity index (χ0n) is 18.2. The van der Waals surface area contributed by atoms with Crippen LogP contribution in [0, 0.1) is 12.7 Å². The lowest BCUT2D eigenvalue weighted by Crippen LogP contribution is -2.54. The van der Waals surface area contributed by atoms with E-state index in [1.807, 2.05) is 0 Å².